The van der Waals surface area contributed by atoms with Gasteiger partial charge in [-0.05, 0) is 23.8 Å². The second kappa shape index (κ2) is 6.27. The number of nitrogens with one attached hydrogen (secondary N) is 1. The summed E-state index contributed by atoms with van der Waals surface area (Å²) in [6, 6.07) is 8.35. The van der Waals surface area contributed by atoms with Crippen molar-refractivity contribution in [2.45, 2.75) is 6.04 Å². The Morgan fingerprint density at radius 1 is 1.08 bits per heavy atom. The Bertz CT molecular complexity index is 1010. The van der Waals surface area contributed by atoms with Crippen molar-refractivity contribution in [1.29, 1.82) is 0 Å². The summed E-state index contributed by atoms with van der Waals surface area (Å²) in [7, 11) is 1.85. The second-order valence-electron chi connectivity index (χ2n) is 5.67. The minimum absolute atomic E-state index is 0.264. The lowest BCUT2D eigenvalue weighted by Gasteiger charge is -2.19. The fourth-order valence-electron chi connectivity index (χ4n) is 2.81. The first kappa shape index (κ1) is 15.2. The number of hydrogen-bond acceptors (Lipinski definition) is 5. The topological polar surface area (TPSA) is 68.5 Å². The molecule has 0 aliphatic heterocycles. The van der Waals surface area contributed by atoms with Crippen molar-refractivity contribution < 1.29 is 4.39 Å². The molecule has 4 aromatic rings. The molecular weight excluding hydrogens is 319 g/mol. The normalized spacial score (nSPS) is 12.2. The van der Waals surface area contributed by atoms with E-state index < -0.39 is 0 Å². The maximum Gasteiger partial charge on any atom is 0.141 e. The first-order valence-electron chi connectivity index (χ1n) is 7.76. The summed E-state index contributed by atoms with van der Waals surface area (Å²) in [5, 5.41) is 7.92. The van der Waals surface area contributed by atoms with Crippen LogP contribution in [0.15, 0.2) is 61.4 Å². The number of anilines is 1. The number of aromatic nitrogens is 5. The average Bonchev–Trinajstić information content (AvgIpc) is 3.06. The molecule has 7 heteroatoms. The minimum atomic E-state index is -0.364. The zero-order valence-electron chi connectivity index (χ0n) is 13.5. The van der Waals surface area contributed by atoms with E-state index >= 15 is 0 Å². The predicted octanol–water partition coefficient (Wildman–Crippen LogP) is 3.10. The molecule has 25 heavy (non-hydrogen) atoms. The predicted molar refractivity (Wildman–Crippen MR) is 92.4 cm³/mol. The van der Waals surface area contributed by atoms with Gasteiger partial charge >= 0.3 is 0 Å². The van der Waals surface area contributed by atoms with E-state index in [9.17, 15) is 4.39 Å². The summed E-state index contributed by atoms with van der Waals surface area (Å²) >= 11 is 0. The Morgan fingerprint density at radius 2 is 2.00 bits per heavy atom. The van der Waals surface area contributed by atoms with Gasteiger partial charge in [-0.15, -0.1) is 0 Å². The van der Waals surface area contributed by atoms with Gasteiger partial charge in [-0.2, -0.15) is 5.10 Å². The molecule has 1 N–H and O–H groups in total. The molecule has 1 unspecified atom stereocenters. The van der Waals surface area contributed by atoms with Crippen molar-refractivity contribution in [3.05, 3.63) is 78.4 Å². The Hall–Kier alpha value is -3.35. The van der Waals surface area contributed by atoms with Crippen molar-refractivity contribution in [2.24, 2.45) is 7.05 Å². The zero-order valence-corrected chi connectivity index (χ0v) is 13.5. The third-order valence-corrected chi connectivity index (χ3v) is 3.97. The van der Waals surface area contributed by atoms with Crippen LogP contribution in [0, 0.1) is 5.82 Å². The summed E-state index contributed by atoms with van der Waals surface area (Å²) in [5.41, 5.74) is 2.41. The van der Waals surface area contributed by atoms with E-state index in [1.165, 1.54) is 12.4 Å². The Labute approximate surface area is 143 Å². The molecule has 124 valence electrons. The Balaban J connectivity index is 1.83. The molecule has 0 aliphatic carbocycles. The van der Waals surface area contributed by atoms with Crippen LogP contribution >= 0.6 is 0 Å². The minimum Gasteiger partial charge on any atom is -0.358 e. The lowest BCUT2D eigenvalue weighted by molar-refractivity contribution is 0.639. The average molecular weight is 334 g/mol. The molecule has 0 fully saturated rings. The molecule has 0 saturated carbocycles. The van der Waals surface area contributed by atoms with Gasteiger partial charge in [0, 0.05) is 31.2 Å². The molecule has 0 radical (unpaired) electrons. The van der Waals surface area contributed by atoms with Gasteiger partial charge in [-0.1, -0.05) is 12.1 Å². The van der Waals surface area contributed by atoms with Gasteiger partial charge in [-0.25, -0.2) is 14.4 Å². The monoisotopic (exact) mass is 334 g/mol. The van der Waals surface area contributed by atoms with Gasteiger partial charge in [0.05, 0.1) is 23.1 Å². The number of pyridine rings is 1. The quantitative estimate of drug-likeness (QED) is 0.621. The van der Waals surface area contributed by atoms with Crippen LogP contribution in [-0.4, -0.2) is 24.7 Å². The summed E-state index contributed by atoms with van der Waals surface area (Å²) < 4.78 is 16.1. The van der Waals surface area contributed by atoms with Gasteiger partial charge in [0.25, 0.3) is 0 Å². The third kappa shape index (κ3) is 2.91. The van der Waals surface area contributed by atoms with E-state index in [-0.39, 0.29) is 11.9 Å². The van der Waals surface area contributed by atoms with Crippen LogP contribution in [0.3, 0.4) is 0 Å². The number of nitrogens with zero attached hydrogens (tertiary/aromatic N) is 5. The highest BCUT2D eigenvalue weighted by molar-refractivity contribution is 5.89. The molecule has 3 heterocycles. The summed E-state index contributed by atoms with van der Waals surface area (Å²) in [6.07, 6.45) is 8.58. The van der Waals surface area contributed by atoms with Crippen LogP contribution in [0.25, 0.3) is 10.9 Å². The number of benzene rings is 1. The highest BCUT2D eigenvalue weighted by Gasteiger charge is 2.19. The van der Waals surface area contributed by atoms with Gasteiger partial charge in [0.1, 0.15) is 18.0 Å². The van der Waals surface area contributed by atoms with E-state index in [2.05, 4.69) is 25.4 Å². The first-order valence-corrected chi connectivity index (χ1v) is 7.76. The van der Waals surface area contributed by atoms with E-state index in [4.69, 9.17) is 0 Å². The number of rotatable bonds is 4. The highest BCUT2D eigenvalue weighted by atomic mass is 19.1. The molecule has 3 aromatic heterocycles. The SMILES string of the molecule is Cn1cc(C(Nc2ncnc3cccc(F)c23)c2cccnc2)cn1. The largest absolute Gasteiger partial charge is 0.358 e. The molecule has 0 spiro atoms. The molecule has 6 nitrogen and oxygen atoms in total. The maximum absolute atomic E-state index is 14.4. The molecule has 1 atom stereocenters. The fraction of sp³-hybridized carbons (Fsp3) is 0.111. The fourth-order valence-corrected chi connectivity index (χ4v) is 2.81. The van der Waals surface area contributed by atoms with E-state index in [0.29, 0.717) is 16.7 Å². The highest BCUT2D eigenvalue weighted by Crippen LogP contribution is 2.29. The lowest BCUT2D eigenvalue weighted by Crippen LogP contribution is -2.14. The van der Waals surface area contributed by atoms with Gasteiger partial charge in [0.15, 0.2) is 0 Å². The Morgan fingerprint density at radius 3 is 2.76 bits per heavy atom. The zero-order chi connectivity index (χ0) is 17.2. The first-order chi connectivity index (χ1) is 12.2. The van der Waals surface area contributed by atoms with E-state index in [1.54, 1.807) is 35.4 Å². The van der Waals surface area contributed by atoms with Gasteiger partial charge in [-0.3, -0.25) is 9.67 Å². The van der Waals surface area contributed by atoms with Gasteiger partial charge in [0.2, 0.25) is 0 Å². The number of hydrogen-bond donors (Lipinski definition) is 1. The van der Waals surface area contributed by atoms with Crippen LogP contribution < -0.4 is 5.32 Å². The van der Waals surface area contributed by atoms with Crippen molar-refractivity contribution in [1.82, 2.24) is 24.7 Å². The molecular formula is C18H15FN6. The summed E-state index contributed by atoms with van der Waals surface area (Å²) in [4.78, 5) is 12.6. The lowest BCUT2D eigenvalue weighted by atomic mass is 10.0. The van der Waals surface area contributed by atoms with Crippen molar-refractivity contribution in [3.8, 4) is 0 Å². The molecule has 0 saturated heterocycles. The van der Waals surface area contributed by atoms with Crippen LogP contribution in [0.4, 0.5) is 10.2 Å². The van der Waals surface area contributed by atoms with Gasteiger partial charge < -0.3 is 5.32 Å². The maximum atomic E-state index is 14.4. The van der Waals surface area contributed by atoms with Crippen LogP contribution in [0.1, 0.15) is 17.2 Å². The summed E-state index contributed by atoms with van der Waals surface area (Å²) in [6.45, 7) is 0. The molecule has 1 aromatic carbocycles. The molecule has 0 amide bonds. The van der Waals surface area contributed by atoms with Crippen LogP contribution in [0.5, 0.6) is 0 Å². The third-order valence-electron chi connectivity index (χ3n) is 3.97. The van der Waals surface area contributed by atoms with Crippen molar-refractivity contribution >= 4 is 16.7 Å². The smallest absolute Gasteiger partial charge is 0.141 e. The molecule has 4 rings (SSSR count). The van der Waals surface area contributed by atoms with Crippen LogP contribution in [-0.2, 0) is 7.05 Å². The molecule has 0 bridgehead atoms. The van der Waals surface area contributed by atoms with Crippen LogP contribution in [0.2, 0.25) is 0 Å². The van der Waals surface area contributed by atoms with E-state index in [1.807, 2.05) is 25.4 Å². The standard InChI is InChI=1S/C18H15FN6/c1-25-10-13(9-23-25)17(12-4-3-7-20-8-12)24-18-16-14(19)5-2-6-15(16)21-11-22-18/h2-11,17H,1H3,(H,21,22,24). The Kier molecular flexibility index (Phi) is 3.81. The summed E-state index contributed by atoms with van der Waals surface area (Å²) in [5.74, 6) is 0.0672. The number of aryl methyl sites for hydroxylation is 1. The van der Waals surface area contributed by atoms with Crippen molar-refractivity contribution in [3.63, 3.8) is 0 Å². The number of fused-ring (bicyclic) bond motifs is 1. The van der Waals surface area contributed by atoms with Crippen molar-refractivity contribution in [2.75, 3.05) is 5.32 Å². The molecule has 0 aliphatic rings. The number of halogens is 1. The second-order valence-corrected chi connectivity index (χ2v) is 5.67. The van der Waals surface area contributed by atoms with E-state index in [0.717, 1.165) is 11.1 Å².